The molecule has 5 rings (SSSR count). The molecule has 2 aromatic carbocycles. The van der Waals surface area contributed by atoms with E-state index in [1.54, 1.807) is 30.2 Å². The molecule has 7 nitrogen and oxygen atoms in total. The molecule has 0 unspecified atom stereocenters. The molecule has 0 aliphatic carbocycles. The number of hydrogen-bond donors (Lipinski definition) is 0. The van der Waals surface area contributed by atoms with Crippen LogP contribution < -0.4 is 4.90 Å². The number of rotatable bonds is 8. The number of furan rings is 1. The van der Waals surface area contributed by atoms with Gasteiger partial charge in [-0.05, 0) is 42.8 Å². The van der Waals surface area contributed by atoms with Crippen molar-refractivity contribution in [1.29, 1.82) is 0 Å². The third-order valence-corrected chi connectivity index (χ3v) is 6.88. The minimum atomic E-state index is -0.0222. The molecule has 4 aromatic rings. The monoisotopic (exact) mass is 474 g/mol. The van der Waals surface area contributed by atoms with Crippen molar-refractivity contribution in [3.8, 4) is 11.7 Å². The van der Waals surface area contributed by atoms with Crippen LogP contribution in [0.4, 0.5) is 5.69 Å². The van der Waals surface area contributed by atoms with E-state index in [1.165, 1.54) is 0 Å². The van der Waals surface area contributed by atoms with E-state index in [0.717, 1.165) is 34.9 Å². The smallest absolute Gasteiger partial charge is 0.283 e. The molecule has 3 heterocycles. The number of hydrogen-bond acceptors (Lipinski definition) is 7. The van der Waals surface area contributed by atoms with Gasteiger partial charge in [0.05, 0.1) is 31.1 Å². The fourth-order valence-electron chi connectivity index (χ4n) is 4.22. The van der Waals surface area contributed by atoms with E-state index < -0.39 is 0 Å². The van der Waals surface area contributed by atoms with Gasteiger partial charge >= 0.3 is 0 Å². The van der Waals surface area contributed by atoms with Crippen molar-refractivity contribution in [1.82, 2.24) is 15.1 Å². The molecule has 0 fully saturated rings. The van der Waals surface area contributed by atoms with E-state index in [0.29, 0.717) is 24.1 Å². The molecule has 0 bridgehead atoms. The Bertz CT molecular complexity index is 1230. The van der Waals surface area contributed by atoms with Crippen molar-refractivity contribution in [2.45, 2.75) is 30.8 Å². The van der Waals surface area contributed by atoms with Crippen LogP contribution in [-0.4, -0.2) is 39.8 Å². The first-order valence-corrected chi connectivity index (χ1v) is 12.4. The highest BCUT2D eigenvalue weighted by atomic mass is 32.2. The first-order valence-electron chi connectivity index (χ1n) is 11.4. The standard InChI is InChI=1S/C26H26N4O3S/c1-2-14-29(16-24-27-28-26(33-24)22-12-8-15-32-22)17-25(31)30-20-11-6-7-13-23(20)34-18-21(30)19-9-4-3-5-10-19/h3-13,15,21H,2,14,16-18H2,1H3/t21-/m1/s1. The Hall–Kier alpha value is -3.36. The summed E-state index contributed by atoms with van der Waals surface area (Å²) in [6.07, 6.45) is 2.47. The molecular weight excluding hydrogens is 448 g/mol. The van der Waals surface area contributed by atoms with Gasteiger partial charge in [-0.3, -0.25) is 9.69 Å². The summed E-state index contributed by atoms with van der Waals surface area (Å²) in [6, 6.07) is 21.9. The molecule has 1 amide bonds. The molecule has 174 valence electrons. The first-order chi connectivity index (χ1) is 16.7. The van der Waals surface area contributed by atoms with Crippen LogP contribution in [0.5, 0.6) is 0 Å². The van der Waals surface area contributed by atoms with E-state index in [2.05, 4.69) is 40.2 Å². The van der Waals surface area contributed by atoms with E-state index in [1.807, 2.05) is 41.3 Å². The molecule has 1 aliphatic rings. The van der Waals surface area contributed by atoms with Gasteiger partial charge in [-0.2, -0.15) is 0 Å². The Balaban J connectivity index is 1.38. The van der Waals surface area contributed by atoms with Crippen LogP contribution in [0.2, 0.25) is 0 Å². The highest BCUT2D eigenvalue weighted by Crippen LogP contribution is 2.43. The summed E-state index contributed by atoms with van der Waals surface area (Å²) in [5.74, 6) is 2.21. The molecular formula is C26H26N4O3S. The summed E-state index contributed by atoms with van der Waals surface area (Å²) in [5.41, 5.74) is 2.10. The number of thioether (sulfide) groups is 1. The van der Waals surface area contributed by atoms with Gasteiger partial charge < -0.3 is 13.7 Å². The van der Waals surface area contributed by atoms with E-state index in [-0.39, 0.29) is 18.5 Å². The minimum Gasteiger partial charge on any atom is -0.459 e. The second-order valence-corrected chi connectivity index (χ2v) is 9.22. The maximum absolute atomic E-state index is 13.8. The molecule has 0 N–H and O–H groups in total. The Morgan fingerprint density at radius 2 is 1.91 bits per heavy atom. The number of nitrogens with zero attached hydrogens (tertiary/aromatic N) is 4. The molecule has 1 atom stereocenters. The maximum atomic E-state index is 13.8. The predicted octanol–water partition coefficient (Wildman–Crippen LogP) is 5.42. The summed E-state index contributed by atoms with van der Waals surface area (Å²) >= 11 is 1.80. The lowest BCUT2D eigenvalue weighted by molar-refractivity contribution is -0.120. The number of carbonyl (C=O) groups is 1. The van der Waals surface area contributed by atoms with Crippen molar-refractivity contribution >= 4 is 23.4 Å². The zero-order chi connectivity index (χ0) is 23.3. The lowest BCUT2D eigenvalue weighted by Crippen LogP contribution is -2.44. The van der Waals surface area contributed by atoms with Gasteiger partial charge in [0.25, 0.3) is 5.89 Å². The maximum Gasteiger partial charge on any atom is 0.283 e. The Kier molecular flexibility index (Phi) is 6.78. The molecule has 34 heavy (non-hydrogen) atoms. The summed E-state index contributed by atoms with van der Waals surface area (Å²) in [6.45, 7) is 3.49. The van der Waals surface area contributed by atoms with Gasteiger partial charge in [-0.25, -0.2) is 0 Å². The van der Waals surface area contributed by atoms with E-state index in [4.69, 9.17) is 8.83 Å². The van der Waals surface area contributed by atoms with Crippen molar-refractivity contribution in [2.75, 3.05) is 23.7 Å². The first kappa shape index (κ1) is 22.4. The normalized spacial score (nSPS) is 15.5. The van der Waals surface area contributed by atoms with E-state index in [9.17, 15) is 4.79 Å². The molecule has 0 spiro atoms. The number of anilines is 1. The van der Waals surface area contributed by atoms with Crippen molar-refractivity contribution in [3.63, 3.8) is 0 Å². The number of aromatic nitrogens is 2. The number of amides is 1. The quantitative estimate of drug-likeness (QED) is 0.337. The van der Waals surface area contributed by atoms with Crippen LogP contribution in [0.25, 0.3) is 11.7 Å². The molecule has 1 aliphatic heterocycles. The third kappa shape index (κ3) is 4.78. The zero-order valence-corrected chi connectivity index (χ0v) is 19.8. The molecule has 0 saturated heterocycles. The van der Waals surface area contributed by atoms with Crippen LogP contribution in [0.3, 0.4) is 0 Å². The van der Waals surface area contributed by atoms with Gasteiger partial charge in [0.15, 0.2) is 5.76 Å². The lowest BCUT2D eigenvalue weighted by atomic mass is 10.1. The summed E-state index contributed by atoms with van der Waals surface area (Å²) in [4.78, 5) is 19.0. The Morgan fingerprint density at radius 1 is 1.09 bits per heavy atom. The SMILES string of the molecule is CCCN(CC(=O)N1c2ccccc2SC[C@@H]1c1ccccc1)Cc1nnc(-c2ccco2)o1. The lowest BCUT2D eigenvalue weighted by Gasteiger charge is -2.38. The number of para-hydroxylation sites is 1. The summed E-state index contributed by atoms with van der Waals surface area (Å²) in [5, 5.41) is 8.25. The van der Waals surface area contributed by atoms with Crippen LogP contribution in [0, 0.1) is 0 Å². The topological polar surface area (TPSA) is 75.6 Å². The molecule has 0 radical (unpaired) electrons. The Morgan fingerprint density at radius 3 is 2.71 bits per heavy atom. The highest BCUT2D eigenvalue weighted by Gasteiger charge is 2.33. The molecule has 8 heteroatoms. The second-order valence-electron chi connectivity index (χ2n) is 8.16. The number of fused-ring (bicyclic) bond motifs is 1. The van der Waals surface area contributed by atoms with Crippen molar-refractivity contribution in [3.05, 3.63) is 84.4 Å². The van der Waals surface area contributed by atoms with Gasteiger partial charge in [0.2, 0.25) is 11.8 Å². The molecule has 0 saturated carbocycles. The van der Waals surface area contributed by atoms with Crippen LogP contribution in [0.1, 0.15) is 30.8 Å². The van der Waals surface area contributed by atoms with Crippen LogP contribution in [0.15, 0.2) is 86.7 Å². The Labute approximate surface area is 202 Å². The third-order valence-electron chi connectivity index (χ3n) is 5.74. The zero-order valence-electron chi connectivity index (χ0n) is 19.0. The fourth-order valence-corrected chi connectivity index (χ4v) is 5.39. The molecule has 2 aromatic heterocycles. The van der Waals surface area contributed by atoms with Crippen molar-refractivity contribution in [2.24, 2.45) is 0 Å². The highest BCUT2D eigenvalue weighted by molar-refractivity contribution is 7.99. The second kappa shape index (κ2) is 10.3. The van der Waals surface area contributed by atoms with Gasteiger partial charge in [0, 0.05) is 10.6 Å². The summed E-state index contributed by atoms with van der Waals surface area (Å²) in [7, 11) is 0. The average molecular weight is 475 g/mol. The number of benzene rings is 2. The van der Waals surface area contributed by atoms with Crippen LogP contribution >= 0.6 is 11.8 Å². The van der Waals surface area contributed by atoms with Gasteiger partial charge in [0.1, 0.15) is 0 Å². The fraction of sp³-hybridized carbons (Fsp3) is 0.269. The minimum absolute atomic E-state index is 0.0222. The largest absolute Gasteiger partial charge is 0.459 e. The number of carbonyl (C=O) groups excluding carboxylic acids is 1. The van der Waals surface area contributed by atoms with E-state index >= 15 is 0 Å². The van der Waals surface area contributed by atoms with Crippen molar-refractivity contribution < 1.29 is 13.6 Å². The summed E-state index contributed by atoms with van der Waals surface area (Å²) < 4.78 is 11.1. The van der Waals surface area contributed by atoms with Gasteiger partial charge in [-0.1, -0.05) is 49.4 Å². The van der Waals surface area contributed by atoms with Gasteiger partial charge in [-0.15, -0.1) is 22.0 Å². The predicted molar refractivity (Wildman–Crippen MR) is 131 cm³/mol. The van der Waals surface area contributed by atoms with Crippen LogP contribution in [-0.2, 0) is 11.3 Å². The average Bonchev–Trinajstić information content (AvgIpc) is 3.56.